The lowest BCUT2D eigenvalue weighted by molar-refractivity contribution is 0.596. The Morgan fingerprint density at radius 3 is 2.00 bits per heavy atom. The molecule has 0 spiro atoms. The molecule has 1 atom stereocenters. The van der Waals surface area contributed by atoms with Gasteiger partial charge in [0.2, 0.25) is 0 Å². The van der Waals surface area contributed by atoms with Crippen LogP contribution in [0.25, 0.3) is 0 Å². The molecule has 1 unspecified atom stereocenters. The highest BCUT2D eigenvalue weighted by atomic mass is 14.9. The van der Waals surface area contributed by atoms with Gasteiger partial charge >= 0.3 is 0 Å². The normalized spacial score (nSPS) is 21.0. The molecule has 1 heterocycles. The van der Waals surface area contributed by atoms with Gasteiger partial charge in [-0.1, -0.05) is 27.7 Å². The van der Waals surface area contributed by atoms with Crippen LogP contribution in [0, 0.1) is 5.92 Å². The highest BCUT2D eigenvalue weighted by Gasteiger charge is 2.10. The Hall–Kier alpha value is -0.0800. The van der Waals surface area contributed by atoms with Crippen molar-refractivity contribution in [1.82, 2.24) is 5.32 Å². The molecule has 0 aromatic rings. The molecule has 11 heavy (non-hydrogen) atoms. The molecule has 0 saturated carbocycles. The van der Waals surface area contributed by atoms with E-state index in [-0.39, 0.29) is 0 Å². The van der Waals surface area contributed by atoms with Crippen molar-refractivity contribution in [3.8, 4) is 0 Å². The predicted octanol–water partition coefficient (Wildman–Crippen LogP) is 1.61. The van der Waals surface area contributed by atoms with E-state index in [0.717, 1.165) is 19.0 Å². The van der Waals surface area contributed by atoms with Crippen molar-refractivity contribution in [2.75, 3.05) is 19.6 Å². The molecule has 1 aliphatic rings. The third kappa shape index (κ3) is 7.82. The smallest absolute Gasteiger partial charge is 0.000798 e. The summed E-state index contributed by atoms with van der Waals surface area (Å²) in [7, 11) is 0. The molecule has 3 N–H and O–H groups in total. The minimum absolute atomic E-state index is 0.764. The van der Waals surface area contributed by atoms with Crippen LogP contribution in [0.3, 0.4) is 0 Å². The summed E-state index contributed by atoms with van der Waals surface area (Å²) in [6.45, 7) is 11.2. The Balaban J connectivity index is 0. The Bertz CT molecular complexity index is 49.5. The fourth-order valence-electron chi connectivity index (χ4n) is 0.916. The van der Waals surface area contributed by atoms with E-state index in [1.165, 1.54) is 13.0 Å². The highest BCUT2D eigenvalue weighted by Crippen LogP contribution is 2.02. The second-order valence-electron chi connectivity index (χ2n) is 2.09. The van der Waals surface area contributed by atoms with E-state index in [9.17, 15) is 0 Å². The first kappa shape index (κ1) is 13.5. The summed E-state index contributed by atoms with van der Waals surface area (Å²) < 4.78 is 0. The van der Waals surface area contributed by atoms with Gasteiger partial charge in [0, 0.05) is 0 Å². The lowest BCUT2D eigenvalue weighted by Crippen LogP contribution is -2.16. The molecule has 70 valence electrons. The Kier molecular flexibility index (Phi) is 15.4. The summed E-state index contributed by atoms with van der Waals surface area (Å²) >= 11 is 0. The zero-order valence-corrected chi connectivity index (χ0v) is 8.48. The molecule has 0 bridgehead atoms. The van der Waals surface area contributed by atoms with Gasteiger partial charge in [-0.2, -0.15) is 0 Å². The zero-order chi connectivity index (χ0) is 9.11. The van der Waals surface area contributed by atoms with E-state index >= 15 is 0 Å². The van der Waals surface area contributed by atoms with Crippen molar-refractivity contribution in [1.29, 1.82) is 0 Å². The van der Waals surface area contributed by atoms with Crippen molar-refractivity contribution in [2.24, 2.45) is 11.7 Å². The second-order valence-corrected chi connectivity index (χ2v) is 2.09. The summed E-state index contributed by atoms with van der Waals surface area (Å²) in [5, 5.41) is 3.24. The van der Waals surface area contributed by atoms with Crippen molar-refractivity contribution >= 4 is 0 Å². The maximum atomic E-state index is 5.39. The molecular weight excluding hydrogens is 136 g/mol. The molecule has 2 nitrogen and oxygen atoms in total. The number of hydrogen-bond acceptors (Lipinski definition) is 2. The predicted molar refractivity (Wildman–Crippen MR) is 52.7 cm³/mol. The number of rotatable bonds is 1. The molecule has 0 aromatic carbocycles. The average Bonchev–Trinajstić information content (AvgIpc) is 2.63. The van der Waals surface area contributed by atoms with Crippen molar-refractivity contribution in [2.45, 2.75) is 34.1 Å². The van der Waals surface area contributed by atoms with Crippen molar-refractivity contribution in [3.05, 3.63) is 0 Å². The minimum atomic E-state index is 0.764. The number of nitrogens with two attached hydrogens (primary N) is 1. The first-order valence-electron chi connectivity index (χ1n) is 4.84. The summed E-state index contributed by atoms with van der Waals surface area (Å²) in [4.78, 5) is 0. The monoisotopic (exact) mass is 160 g/mol. The van der Waals surface area contributed by atoms with Crippen molar-refractivity contribution < 1.29 is 0 Å². The molecule has 1 fully saturated rings. The average molecular weight is 160 g/mol. The van der Waals surface area contributed by atoms with Gasteiger partial charge in [-0.25, -0.2) is 0 Å². The van der Waals surface area contributed by atoms with Crippen LogP contribution in [0.4, 0.5) is 0 Å². The Morgan fingerprint density at radius 1 is 1.27 bits per heavy atom. The lowest BCUT2D eigenvalue weighted by Gasteiger charge is -1.98. The number of hydrogen-bond donors (Lipinski definition) is 2. The first-order valence-corrected chi connectivity index (χ1v) is 4.84. The Labute approximate surface area is 71.6 Å². The molecular formula is C9H24N2. The van der Waals surface area contributed by atoms with Gasteiger partial charge in [-0.3, -0.25) is 0 Å². The third-order valence-corrected chi connectivity index (χ3v) is 1.50. The zero-order valence-electron chi connectivity index (χ0n) is 8.48. The summed E-state index contributed by atoms with van der Waals surface area (Å²) in [5.41, 5.74) is 5.39. The molecule has 1 saturated heterocycles. The largest absolute Gasteiger partial charge is 0.330 e. The van der Waals surface area contributed by atoms with E-state index in [2.05, 4.69) is 5.32 Å². The second kappa shape index (κ2) is 12.6. The van der Waals surface area contributed by atoms with Crippen LogP contribution in [-0.2, 0) is 0 Å². The first-order chi connectivity index (χ1) is 5.43. The van der Waals surface area contributed by atoms with E-state index in [0.29, 0.717) is 0 Å². The van der Waals surface area contributed by atoms with Crippen LogP contribution in [0.15, 0.2) is 0 Å². The van der Waals surface area contributed by atoms with Crippen molar-refractivity contribution in [3.63, 3.8) is 0 Å². The van der Waals surface area contributed by atoms with Crippen LogP contribution < -0.4 is 11.1 Å². The van der Waals surface area contributed by atoms with Gasteiger partial charge in [0.15, 0.2) is 0 Å². The lowest BCUT2D eigenvalue weighted by atomic mass is 10.1. The molecule has 0 aliphatic carbocycles. The summed E-state index contributed by atoms with van der Waals surface area (Å²) in [6, 6.07) is 0. The summed E-state index contributed by atoms with van der Waals surface area (Å²) in [6.07, 6.45) is 1.27. The highest BCUT2D eigenvalue weighted by molar-refractivity contribution is 4.70. The van der Waals surface area contributed by atoms with E-state index in [4.69, 9.17) is 5.73 Å². The molecule has 0 aromatic heterocycles. The number of nitrogens with one attached hydrogen (secondary N) is 1. The molecule has 2 heteroatoms. The molecule has 0 amide bonds. The van der Waals surface area contributed by atoms with E-state index in [1.807, 2.05) is 27.7 Å². The fraction of sp³-hybridized carbons (Fsp3) is 1.00. The van der Waals surface area contributed by atoms with Crippen LogP contribution in [0.2, 0.25) is 0 Å². The van der Waals surface area contributed by atoms with Gasteiger partial charge in [0.1, 0.15) is 0 Å². The fourth-order valence-corrected chi connectivity index (χ4v) is 0.916. The molecule has 0 radical (unpaired) electrons. The molecule has 1 rings (SSSR count). The Morgan fingerprint density at radius 2 is 1.82 bits per heavy atom. The van der Waals surface area contributed by atoms with E-state index in [1.54, 1.807) is 0 Å². The van der Waals surface area contributed by atoms with Gasteiger partial charge < -0.3 is 11.1 Å². The van der Waals surface area contributed by atoms with Crippen LogP contribution in [0.5, 0.6) is 0 Å². The quantitative estimate of drug-likeness (QED) is 0.611. The topological polar surface area (TPSA) is 38.0 Å². The summed E-state index contributed by atoms with van der Waals surface area (Å²) in [5.74, 6) is 0.764. The SMILES string of the molecule is CC.CC.NCC1CCNC1. The standard InChI is InChI=1S/C5H12N2.2C2H6/c6-3-5-1-2-7-4-5;2*1-2/h5,7H,1-4,6H2;2*1-2H3. The van der Waals surface area contributed by atoms with Crippen LogP contribution >= 0.6 is 0 Å². The molecule has 1 aliphatic heterocycles. The maximum absolute atomic E-state index is 5.39. The van der Waals surface area contributed by atoms with Gasteiger partial charge in [-0.15, -0.1) is 0 Å². The maximum Gasteiger partial charge on any atom is -0.000798 e. The van der Waals surface area contributed by atoms with Gasteiger partial charge in [-0.05, 0) is 32.0 Å². The third-order valence-electron chi connectivity index (χ3n) is 1.50. The van der Waals surface area contributed by atoms with Crippen LogP contribution in [-0.4, -0.2) is 19.6 Å². The van der Waals surface area contributed by atoms with Gasteiger partial charge in [0.25, 0.3) is 0 Å². The van der Waals surface area contributed by atoms with Crippen LogP contribution in [0.1, 0.15) is 34.1 Å². The van der Waals surface area contributed by atoms with E-state index < -0.39 is 0 Å². The van der Waals surface area contributed by atoms with Gasteiger partial charge in [0.05, 0.1) is 0 Å². The minimum Gasteiger partial charge on any atom is -0.330 e.